The lowest BCUT2D eigenvalue weighted by Gasteiger charge is -2.35. The smallest absolute Gasteiger partial charge is 0.273 e. The van der Waals surface area contributed by atoms with Gasteiger partial charge < -0.3 is 9.45 Å². The van der Waals surface area contributed by atoms with Gasteiger partial charge in [0, 0.05) is 29.9 Å². The van der Waals surface area contributed by atoms with Gasteiger partial charge in [-0.25, -0.2) is 18.6 Å². The Morgan fingerprint density at radius 3 is 2.68 bits per heavy atom. The van der Waals surface area contributed by atoms with E-state index in [9.17, 15) is 13.6 Å². The molecular formula is C29H27FN4O3S. The molecule has 2 aromatic carbocycles. The van der Waals surface area contributed by atoms with Gasteiger partial charge in [0.25, 0.3) is 5.91 Å². The third-order valence-corrected chi connectivity index (χ3v) is 9.27. The van der Waals surface area contributed by atoms with Crippen LogP contribution < -0.4 is 0 Å². The van der Waals surface area contributed by atoms with Gasteiger partial charge in [0.15, 0.2) is 11.1 Å². The summed E-state index contributed by atoms with van der Waals surface area (Å²) < 4.78 is 37.7. The molecule has 1 aliphatic heterocycles. The number of imidazole rings is 1. The minimum Gasteiger partial charge on any atom is -0.330 e. The van der Waals surface area contributed by atoms with Crippen LogP contribution >= 0.6 is 0 Å². The Bertz CT molecular complexity index is 1630. The number of fused-ring (bicyclic) bond motifs is 2. The number of rotatable bonds is 5. The van der Waals surface area contributed by atoms with Crippen molar-refractivity contribution in [2.24, 2.45) is 0 Å². The molecule has 7 nitrogen and oxygen atoms in total. The van der Waals surface area contributed by atoms with Crippen LogP contribution in [0.5, 0.6) is 0 Å². The second-order valence-electron chi connectivity index (χ2n) is 10.7. The van der Waals surface area contributed by atoms with E-state index in [1.54, 1.807) is 18.3 Å². The zero-order valence-electron chi connectivity index (χ0n) is 20.9. The highest BCUT2D eigenvalue weighted by atomic mass is 32.2. The predicted octanol–water partition coefficient (Wildman–Crippen LogP) is 5.25. The molecule has 1 N–H and O–H groups in total. The van der Waals surface area contributed by atoms with Crippen molar-refractivity contribution in [2.75, 3.05) is 6.54 Å². The van der Waals surface area contributed by atoms with Gasteiger partial charge in [0.2, 0.25) is 5.78 Å². The normalized spacial score (nSPS) is 23.3. The van der Waals surface area contributed by atoms with E-state index < -0.39 is 16.9 Å². The van der Waals surface area contributed by atoms with Gasteiger partial charge in [-0.3, -0.25) is 9.20 Å². The molecule has 7 rings (SSSR count). The average Bonchev–Trinajstić information content (AvgIpc) is 3.84. The van der Waals surface area contributed by atoms with Gasteiger partial charge in [-0.1, -0.05) is 30.3 Å². The third-order valence-electron chi connectivity index (χ3n) is 8.23. The number of hydrogen-bond donors (Lipinski definition) is 1. The van der Waals surface area contributed by atoms with Gasteiger partial charge in [-0.05, 0) is 73.4 Å². The van der Waals surface area contributed by atoms with Gasteiger partial charge in [0.1, 0.15) is 11.5 Å². The SMILES string of the molecule is C[C@@H]1c2ccccc2CCN1C(=O)c1cc(C2CC2)n2cc(-c3ccc([C@@H]4CC4S(=O)O)cc3F)nc2n1. The van der Waals surface area contributed by atoms with Crippen molar-refractivity contribution < 1.29 is 17.9 Å². The van der Waals surface area contributed by atoms with Crippen molar-refractivity contribution in [3.05, 3.63) is 88.6 Å². The van der Waals surface area contributed by atoms with Crippen LogP contribution in [0.1, 0.15) is 76.9 Å². The first kappa shape index (κ1) is 23.7. The highest BCUT2D eigenvalue weighted by molar-refractivity contribution is 7.80. The summed E-state index contributed by atoms with van der Waals surface area (Å²) in [5.74, 6) is 0.0830. The first-order valence-electron chi connectivity index (χ1n) is 13.1. The first-order chi connectivity index (χ1) is 18.4. The Kier molecular flexibility index (Phi) is 5.49. The van der Waals surface area contributed by atoms with Crippen LogP contribution in [-0.2, 0) is 17.5 Å². The van der Waals surface area contributed by atoms with E-state index in [2.05, 4.69) is 29.0 Å². The molecule has 194 valence electrons. The zero-order valence-corrected chi connectivity index (χ0v) is 21.7. The van der Waals surface area contributed by atoms with Crippen LogP contribution in [0.25, 0.3) is 17.0 Å². The summed E-state index contributed by atoms with van der Waals surface area (Å²) in [6, 6.07) is 15.0. The Balaban J connectivity index is 1.23. The van der Waals surface area contributed by atoms with Gasteiger partial charge in [-0.15, -0.1) is 0 Å². The van der Waals surface area contributed by atoms with Crippen molar-refractivity contribution in [1.29, 1.82) is 0 Å². The fourth-order valence-corrected chi connectivity index (χ4v) is 6.64. The van der Waals surface area contributed by atoms with Crippen LogP contribution in [0.4, 0.5) is 4.39 Å². The van der Waals surface area contributed by atoms with Crippen LogP contribution in [0.3, 0.4) is 0 Å². The van der Waals surface area contributed by atoms with Crippen molar-refractivity contribution >= 4 is 22.8 Å². The molecule has 0 spiro atoms. The lowest BCUT2D eigenvalue weighted by Crippen LogP contribution is -2.39. The number of nitrogens with zero attached hydrogens (tertiary/aromatic N) is 4. The van der Waals surface area contributed by atoms with Crippen molar-refractivity contribution in [3.8, 4) is 11.3 Å². The molecule has 2 unspecified atom stereocenters. The molecule has 2 aliphatic carbocycles. The lowest BCUT2D eigenvalue weighted by atomic mass is 9.93. The molecule has 3 aliphatic rings. The maximum absolute atomic E-state index is 15.2. The quantitative estimate of drug-likeness (QED) is 0.356. The van der Waals surface area contributed by atoms with E-state index in [4.69, 9.17) is 0 Å². The van der Waals surface area contributed by atoms with E-state index >= 15 is 4.39 Å². The molecule has 2 saturated carbocycles. The molecule has 3 heterocycles. The number of aromatic nitrogens is 3. The lowest BCUT2D eigenvalue weighted by molar-refractivity contribution is 0.0671. The summed E-state index contributed by atoms with van der Waals surface area (Å²) in [6.07, 6.45) is 5.26. The molecule has 2 fully saturated rings. The maximum atomic E-state index is 15.2. The highest BCUT2D eigenvalue weighted by Gasteiger charge is 2.43. The number of benzene rings is 2. The number of carbonyl (C=O) groups is 1. The Hall–Kier alpha value is -3.43. The largest absolute Gasteiger partial charge is 0.330 e. The van der Waals surface area contributed by atoms with Crippen LogP contribution in [0.2, 0.25) is 0 Å². The fourth-order valence-electron chi connectivity index (χ4n) is 5.83. The number of hydrogen-bond acceptors (Lipinski definition) is 4. The maximum Gasteiger partial charge on any atom is 0.273 e. The van der Waals surface area contributed by atoms with Crippen LogP contribution in [0, 0.1) is 5.82 Å². The van der Waals surface area contributed by atoms with Gasteiger partial charge in [-0.2, -0.15) is 0 Å². The average molecular weight is 531 g/mol. The molecule has 2 aromatic heterocycles. The summed E-state index contributed by atoms with van der Waals surface area (Å²) in [5, 5.41) is -0.326. The van der Waals surface area contributed by atoms with Crippen LogP contribution in [-0.4, -0.2) is 45.7 Å². The van der Waals surface area contributed by atoms with Crippen molar-refractivity contribution in [2.45, 2.75) is 55.7 Å². The van der Waals surface area contributed by atoms with E-state index in [1.165, 1.54) is 17.2 Å². The van der Waals surface area contributed by atoms with Gasteiger partial charge >= 0.3 is 0 Å². The highest BCUT2D eigenvalue weighted by Crippen LogP contribution is 2.45. The minimum absolute atomic E-state index is 0.0490. The van der Waals surface area contributed by atoms with E-state index in [0.717, 1.165) is 30.5 Å². The van der Waals surface area contributed by atoms with E-state index in [1.807, 2.05) is 27.5 Å². The summed E-state index contributed by atoms with van der Waals surface area (Å²) in [7, 11) is 0. The molecule has 9 heteroatoms. The summed E-state index contributed by atoms with van der Waals surface area (Å²) in [5.41, 5.74) is 5.31. The second-order valence-corrected chi connectivity index (χ2v) is 11.8. The number of halogens is 1. The molecule has 4 atom stereocenters. The summed E-state index contributed by atoms with van der Waals surface area (Å²) in [4.78, 5) is 24.9. The summed E-state index contributed by atoms with van der Waals surface area (Å²) >= 11 is -1.90. The molecule has 4 aromatic rings. The number of amides is 1. The Labute approximate surface area is 222 Å². The Morgan fingerprint density at radius 2 is 1.95 bits per heavy atom. The van der Waals surface area contributed by atoms with E-state index in [-0.39, 0.29) is 23.1 Å². The molecule has 38 heavy (non-hydrogen) atoms. The fraction of sp³-hybridized carbons (Fsp3) is 0.345. The minimum atomic E-state index is -1.90. The molecular weight excluding hydrogens is 503 g/mol. The zero-order chi connectivity index (χ0) is 26.1. The van der Waals surface area contributed by atoms with Gasteiger partial charge in [0.05, 0.1) is 17.0 Å². The van der Waals surface area contributed by atoms with E-state index in [0.29, 0.717) is 41.6 Å². The van der Waals surface area contributed by atoms with Crippen LogP contribution in [0.15, 0.2) is 54.7 Å². The van der Waals surface area contributed by atoms with Crippen molar-refractivity contribution in [1.82, 2.24) is 19.3 Å². The molecule has 1 amide bonds. The molecule has 0 radical (unpaired) electrons. The monoisotopic (exact) mass is 530 g/mol. The number of carbonyl (C=O) groups excluding carboxylic acids is 1. The standard InChI is InChI=1S/C29H27FN4O3S/c1-16-20-5-3-2-4-17(20)10-11-33(16)28(35)24-14-26(18-6-7-18)34-15-25(32-29(34)31-24)21-9-8-19(12-23(21)30)22-13-27(22)38(36)37/h2-5,8-9,12,14-16,18,22,27H,6-7,10-11,13H2,1H3,(H,36,37)/t16-,22+,27?/m1/s1. The Morgan fingerprint density at radius 1 is 1.13 bits per heavy atom. The third kappa shape index (κ3) is 3.96. The van der Waals surface area contributed by atoms with Crippen molar-refractivity contribution in [3.63, 3.8) is 0 Å². The topological polar surface area (TPSA) is 87.8 Å². The first-order valence-corrected chi connectivity index (χ1v) is 14.2. The molecule has 0 saturated heterocycles. The second kappa shape index (κ2) is 8.81. The molecule has 0 bridgehead atoms. The summed E-state index contributed by atoms with van der Waals surface area (Å²) in [6.45, 7) is 2.68. The predicted molar refractivity (Wildman–Crippen MR) is 142 cm³/mol.